The van der Waals surface area contributed by atoms with Crippen LogP contribution in [-0.2, 0) is 11.3 Å². The van der Waals surface area contributed by atoms with Gasteiger partial charge in [-0.3, -0.25) is 9.69 Å². The Kier molecular flexibility index (Phi) is 4.50. The lowest BCUT2D eigenvalue weighted by Crippen LogP contribution is -2.39. The van der Waals surface area contributed by atoms with Gasteiger partial charge in [0.05, 0.1) is 12.6 Å². The number of amides is 1. The summed E-state index contributed by atoms with van der Waals surface area (Å²) in [6, 6.07) is 19.3. The largest absolute Gasteiger partial charge is 0.419 e. The summed E-state index contributed by atoms with van der Waals surface area (Å²) in [6.07, 6.45) is 0.782. The van der Waals surface area contributed by atoms with Crippen molar-refractivity contribution in [3.05, 3.63) is 66.6 Å². The van der Waals surface area contributed by atoms with E-state index in [-0.39, 0.29) is 11.9 Å². The zero-order valence-electron chi connectivity index (χ0n) is 14.6. The van der Waals surface area contributed by atoms with Crippen LogP contribution in [0.4, 0.5) is 5.69 Å². The van der Waals surface area contributed by atoms with Gasteiger partial charge in [0.2, 0.25) is 17.7 Å². The topological polar surface area (TPSA) is 62.5 Å². The predicted molar refractivity (Wildman–Crippen MR) is 98.4 cm³/mol. The van der Waals surface area contributed by atoms with Crippen LogP contribution in [0, 0.1) is 0 Å². The summed E-state index contributed by atoms with van der Waals surface area (Å²) < 4.78 is 5.76. The summed E-state index contributed by atoms with van der Waals surface area (Å²) >= 11 is 0. The molecule has 2 heterocycles. The average molecular weight is 348 g/mol. The number of hydrogen-bond acceptors (Lipinski definition) is 5. The van der Waals surface area contributed by atoms with Crippen LogP contribution >= 0.6 is 0 Å². The molecule has 1 aliphatic heterocycles. The third-order valence-corrected chi connectivity index (χ3v) is 4.65. The standard InChI is InChI=1S/C20H20N4O2/c1-23(14-18-21-22-19(26-18)15-8-4-2-5-9-15)17-12-13-24(20(17)25)16-10-6-3-7-11-16/h2-11,17H,12-14H2,1H3/t17-/m1/s1. The van der Waals surface area contributed by atoms with Crippen molar-refractivity contribution in [3.63, 3.8) is 0 Å². The van der Waals surface area contributed by atoms with Gasteiger partial charge in [-0.2, -0.15) is 0 Å². The first-order chi connectivity index (χ1) is 12.7. The van der Waals surface area contributed by atoms with E-state index in [1.165, 1.54) is 0 Å². The molecule has 0 bridgehead atoms. The molecule has 6 nitrogen and oxygen atoms in total. The SMILES string of the molecule is CN(Cc1nnc(-c2ccccc2)o1)[C@@H]1CCN(c2ccccc2)C1=O. The minimum atomic E-state index is -0.178. The molecule has 1 aromatic heterocycles. The Labute approximate surface area is 152 Å². The third-order valence-electron chi connectivity index (χ3n) is 4.65. The number of anilines is 1. The molecule has 0 radical (unpaired) electrons. The summed E-state index contributed by atoms with van der Waals surface area (Å²) in [4.78, 5) is 16.6. The van der Waals surface area contributed by atoms with Gasteiger partial charge in [0.15, 0.2) is 0 Å². The highest BCUT2D eigenvalue weighted by molar-refractivity contribution is 5.99. The fourth-order valence-corrected chi connectivity index (χ4v) is 3.28. The molecular weight excluding hydrogens is 328 g/mol. The van der Waals surface area contributed by atoms with Gasteiger partial charge in [0.1, 0.15) is 0 Å². The zero-order valence-corrected chi connectivity index (χ0v) is 14.6. The molecule has 0 saturated carbocycles. The lowest BCUT2D eigenvalue weighted by atomic mass is 10.2. The van der Waals surface area contributed by atoms with Crippen molar-refractivity contribution in [1.29, 1.82) is 0 Å². The number of carbonyl (C=O) groups is 1. The molecule has 132 valence electrons. The third kappa shape index (κ3) is 3.23. The van der Waals surface area contributed by atoms with E-state index in [1.54, 1.807) is 0 Å². The van der Waals surface area contributed by atoms with Gasteiger partial charge in [-0.1, -0.05) is 36.4 Å². The van der Waals surface area contributed by atoms with Crippen LogP contribution in [0.5, 0.6) is 0 Å². The molecule has 4 rings (SSSR count). The Morgan fingerprint density at radius 2 is 1.77 bits per heavy atom. The Morgan fingerprint density at radius 3 is 2.50 bits per heavy atom. The molecule has 3 aromatic rings. The van der Waals surface area contributed by atoms with Crippen molar-refractivity contribution in [2.75, 3.05) is 18.5 Å². The van der Waals surface area contributed by atoms with E-state index in [0.29, 0.717) is 18.3 Å². The molecule has 1 aliphatic rings. The summed E-state index contributed by atoms with van der Waals surface area (Å²) in [7, 11) is 1.92. The lowest BCUT2D eigenvalue weighted by molar-refractivity contribution is -0.121. The van der Waals surface area contributed by atoms with E-state index >= 15 is 0 Å². The Balaban J connectivity index is 1.43. The fraction of sp³-hybridized carbons (Fsp3) is 0.250. The maximum absolute atomic E-state index is 12.8. The minimum absolute atomic E-state index is 0.112. The summed E-state index contributed by atoms with van der Waals surface area (Å²) in [6.45, 7) is 1.16. The molecule has 6 heteroatoms. The van der Waals surface area contributed by atoms with E-state index in [1.807, 2.05) is 77.5 Å². The van der Waals surface area contributed by atoms with E-state index < -0.39 is 0 Å². The van der Waals surface area contributed by atoms with Crippen LogP contribution in [0.2, 0.25) is 0 Å². The van der Waals surface area contributed by atoms with Crippen LogP contribution in [0.15, 0.2) is 65.1 Å². The number of hydrogen-bond donors (Lipinski definition) is 0. The molecule has 0 N–H and O–H groups in total. The van der Waals surface area contributed by atoms with Gasteiger partial charge in [-0.15, -0.1) is 10.2 Å². The van der Waals surface area contributed by atoms with Crippen LogP contribution in [0.3, 0.4) is 0 Å². The van der Waals surface area contributed by atoms with Gasteiger partial charge < -0.3 is 9.32 Å². The highest BCUT2D eigenvalue weighted by Crippen LogP contribution is 2.25. The van der Waals surface area contributed by atoms with E-state index in [0.717, 1.165) is 24.2 Å². The molecule has 1 fully saturated rings. The number of rotatable bonds is 5. The highest BCUT2D eigenvalue weighted by atomic mass is 16.4. The lowest BCUT2D eigenvalue weighted by Gasteiger charge is -2.22. The number of aromatic nitrogens is 2. The first-order valence-corrected chi connectivity index (χ1v) is 8.67. The van der Waals surface area contributed by atoms with Gasteiger partial charge in [-0.25, -0.2) is 0 Å². The van der Waals surface area contributed by atoms with Crippen molar-refractivity contribution in [2.24, 2.45) is 0 Å². The van der Waals surface area contributed by atoms with Crippen LogP contribution in [0.1, 0.15) is 12.3 Å². The first-order valence-electron chi connectivity index (χ1n) is 8.67. The molecule has 1 saturated heterocycles. The van der Waals surface area contributed by atoms with Crippen molar-refractivity contribution >= 4 is 11.6 Å². The van der Waals surface area contributed by atoms with Crippen LogP contribution < -0.4 is 4.90 Å². The number of benzene rings is 2. The second kappa shape index (κ2) is 7.09. The number of carbonyl (C=O) groups excluding carboxylic acids is 1. The predicted octanol–water partition coefficient (Wildman–Crippen LogP) is 2.97. The number of likely N-dealkylation sites (N-methyl/N-ethyl adjacent to an activating group) is 1. The van der Waals surface area contributed by atoms with Crippen molar-refractivity contribution in [2.45, 2.75) is 19.0 Å². The summed E-state index contributed by atoms with van der Waals surface area (Å²) in [5.74, 6) is 1.12. The second-order valence-corrected chi connectivity index (χ2v) is 6.41. The highest BCUT2D eigenvalue weighted by Gasteiger charge is 2.35. The molecule has 26 heavy (non-hydrogen) atoms. The van der Waals surface area contributed by atoms with Crippen LogP contribution in [-0.4, -0.2) is 40.6 Å². The van der Waals surface area contributed by atoms with E-state index in [9.17, 15) is 4.79 Å². The second-order valence-electron chi connectivity index (χ2n) is 6.41. The molecule has 0 spiro atoms. The monoisotopic (exact) mass is 348 g/mol. The van der Waals surface area contributed by atoms with Gasteiger partial charge in [0, 0.05) is 17.8 Å². The zero-order chi connectivity index (χ0) is 17.9. The van der Waals surface area contributed by atoms with Crippen molar-refractivity contribution < 1.29 is 9.21 Å². The maximum Gasteiger partial charge on any atom is 0.247 e. The van der Waals surface area contributed by atoms with E-state index in [2.05, 4.69) is 10.2 Å². The van der Waals surface area contributed by atoms with Gasteiger partial charge in [0.25, 0.3) is 0 Å². The van der Waals surface area contributed by atoms with E-state index in [4.69, 9.17) is 4.42 Å². The fourth-order valence-electron chi connectivity index (χ4n) is 3.28. The Hall–Kier alpha value is -2.99. The normalized spacial score (nSPS) is 17.2. The average Bonchev–Trinajstić information content (AvgIpc) is 3.30. The van der Waals surface area contributed by atoms with Gasteiger partial charge in [-0.05, 0) is 37.7 Å². The Bertz CT molecular complexity index is 879. The maximum atomic E-state index is 12.8. The minimum Gasteiger partial charge on any atom is -0.419 e. The van der Waals surface area contributed by atoms with Gasteiger partial charge >= 0.3 is 0 Å². The molecule has 1 atom stereocenters. The number of para-hydroxylation sites is 1. The number of nitrogens with zero attached hydrogens (tertiary/aromatic N) is 4. The first kappa shape index (κ1) is 16.5. The molecule has 2 aromatic carbocycles. The Morgan fingerprint density at radius 1 is 1.08 bits per heavy atom. The molecule has 0 aliphatic carbocycles. The van der Waals surface area contributed by atoms with Crippen molar-refractivity contribution in [3.8, 4) is 11.5 Å². The molecule has 1 amide bonds. The van der Waals surface area contributed by atoms with Crippen molar-refractivity contribution in [1.82, 2.24) is 15.1 Å². The summed E-state index contributed by atoms with van der Waals surface area (Å²) in [5.41, 5.74) is 1.83. The van der Waals surface area contributed by atoms with Crippen LogP contribution in [0.25, 0.3) is 11.5 Å². The quantitative estimate of drug-likeness (QED) is 0.709. The summed E-state index contributed by atoms with van der Waals surface area (Å²) in [5, 5.41) is 8.23. The smallest absolute Gasteiger partial charge is 0.247 e. The molecule has 0 unspecified atom stereocenters. The molecular formula is C20H20N4O2.